The lowest BCUT2D eigenvalue weighted by molar-refractivity contribution is -0.120. The molecule has 2 amide bonds. The lowest BCUT2D eigenvalue weighted by Gasteiger charge is -2.28. The summed E-state index contributed by atoms with van der Waals surface area (Å²) in [6.07, 6.45) is 5.82. The number of halogens is 1. The Bertz CT molecular complexity index is 1970. The Morgan fingerprint density at radius 2 is 1.95 bits per heavy atom. The number of fused-ring (bicyclic) bond motifs is 1. The number of nitrogens with zero attached hydrogens (tertiary/aromatic N) is 6. The molecule has 0 aromatic carbocycles. The van der Waals surface area contributed by atoms with Crippen molar-refractivity contribution in [1.29, 1.82) is 0 Å². The van der Waals surface area contributed by atoms with E-state index in [4.69, 9.17) is 11.6 Å². The SMILES string of the molecule is Cn1nccc1-c1cc(C(=O)N2CCC(CNC(=O)Cc3csc4c3c(=O)n(C)c(=O)n4C)C2c2cccnc2)sc1Cl. The van der Waals surface area contributed by atoms with Crippen molar-refractivity contribution < 1.29 is 9.59 Å². The monoisotopic (exact) mass is 637 g/mol. The highest BCUT2D eigenvalue weighted by atomic mass is 35.5. The van der Waals surface area contributed by atoms with Crippen LogP contribution < -0.4 is 16.6 Å². The molecular formula is C29H28ClN7O4S2. The van der Waals surface area contributed by atoms with Crippen LogP contribution in [-0.4, -0.2) is 53.7 Å². The van der Waals surface area contributed by atoms with Crippen molar-refractivity contribution in [2.24, 2.45) is 27.1 Å². The molecule has 0 saturated carbocycles. The molecule has 1 aliphatic rings. The highest BCUT2D eigenvalue weighted by Gasteiger charge is 2.39. The van der Waals surface area contributed by atoms with Crippen LogP contribution in [0.5, 0.6) is 0 Å². The average molecular weight is 638 g/mol. The van der Waals surface area contributed by atoms with E-state index in [1.54, 1.807) is 35.7 Å². The molecule has 11 nitrogen and oxygen atoms in total. The molecule has 0 spiro atoms. The van der Waals surface area contributed by atoms with Gasteiger partial charge in [0.1, 0.15) is 9.17 Å². The second kappa shape index (κ2) is 11.5. The Morgan fingerprint density at radius 1 is 1.14 bits per heavy atom. The molecule has 0 radical (unpaired) electrons. The minimum atomic E-state index is -0.413. The predicted molar refractivity (Wildman–Crippen MR) is 167 cm³/mol. The topological polar surface area (TPSA) is 124 Å². The number of pyridine rings is 1. The lowest BCUT2D eigenvalue weighted by Crippen LogP contribution is -2.37. The fourth-order valence-electron chi connectivity index (χ4n) is 5.76. The summed E-state index contributed by atoms with van der Waals surface area (Å²) in [6.45, 7) is 0.848. The summed E-state index contributed by atoms with van der Waals surface area (Å²) in [6, 6.07) is 7.15. The molecule has 2 atom stereocenters. The normalized spacial score (nSPS) is 16.7. The standard InChI is InChI=1S/C29H28ClN7O4S2/c1-34-27(40)23-18(15-42-28(23)35(2)29(34)41)11-22(38)32-14-17-7-10-37(24(17)16-5-4-8-31-13-16)26(39)21-12-19(25(30)43-21)20-6-9-33-36(20)3/h4-6,8-9,12-13,15,17,24H,7,10-11,14H2,1-3H3,(H,32,38). The predicted octanol–water partition coefficient (Wildman–Crippen LogP) is 3.37. The smallest absolute Gasteiger partial charge is 0.331 e. The number of hydrogen-bond acceptors (Lipinski definition) is 8. The van der Waals surface area contributed by atoms with Gasteiger partial charge in [-0.3, -0.25) is 33.2 Å². The van der Waals surface area contributed by atoms with Crippen LogP contribution in [0.25, 0.3) is 21.5 Å². The molecule has 2 unspecified atom stereocenters. The molecule has 5 aromatic rings. The maximum absolute atomic E-state index is 13.9. The number of carbonyl (C=O) groups is 2. The lowest BCUT2D eigenvalue weighted by atomic mass is 9.94. The van der Waals surface area contributed by atoms with E-state index in [2.05, 4.69) is 15.4 Å². The third-order valence-electron chi connectivity index (χ3n) is 7.96. The van der Waals surface area contributed by atoms with Gasteiger partial charge < -0.3 is 10.2 Å². The summed E-state index contributed by atoms with van der Waals surface area (Å²) in [4.78, 5) is 59.3. The third kappa shape index (κ3) is 5.21. The van der Waals surface area contributed by atoms with Gasteiger partial charge in [0.2, 0.25) is 5.91 Å². The number of amides is 2. The van der Waals surface area contributed by atoms with Crippen LogP contribution in [0.15, 0.2) is 57.8 Å². The fourth-order valence-corrected chi connectivity index (χ4v) is 8.04. The van der Waals surface area contributed by atoms with Gasteiger partial charge in [-0.05, 0) is 41.1 Å². The van der Waals surface area contributed by atoms with Gasteiger partial charge in [-0.2, -0.15) is 5.10 Å². The van der Waals surface area contributed by atoms with Gasteiger partial charge in [0, 0.05) is 64.3 Å². The van der Waals surface area contributed by atoms with Crippen LogP contribution in [0.3, 0.4) is 0 Å². The molecule has 14 heteroatoms. The molecule has 6 heterocycles. The molecular weight excluding hydrogens is 610 g/mol. The van der Waals surface area contributed by atoms with E-state index in [0.29, 0.717) is 44.5 Å². The second-order valence-corrected chi connectivity index (χ2v) is 13.1. The van der Waals surface area contributed by atoms with E-state index in [9.17, 15) is 19.2 Å². The van der Waals surface area contributed by atoms with Gasteiger partial charge in [0.05, 0.1) is 28.4 Å². The zero-order valence-corrected chi connectivity index (χ0v) is 26.0. The number of likely N-dealkylation sites (tertiary alicyclic amines) is 1. The van der Waals surface area contributed by atoms with Crippen molar-refractivity contribution in [2.75, 3.05) is 13.1 Å². The number of nitrogens with one attached hydrogen (secondary N) is 1. The Balaban J connectivity index is 1.21. The summed E-state index contributed by atoms with van der Waals surface area (Å²) in [5.41, 5.74) is 2.23. The zero-order chi connectivity index (χ0) is 30.4. The van der Waals surface area contributed by atoms with Gasteiger partial charge in [0.15, 0.2) is 0 Å². The van der Waals surface area contributed by atoms with Crippen molar-refractivity contribution in [1.82, 2.24) is 34.1 Å². The number of aryl methyl sites for hydroxylation is 2. The molecule has 222 valence electrons. The summed E-state index contributed by atoms with van der Waals surface area (Å²) >= 11 is 9.08. The van der Waals surface area contributed by atoms with E-state index in [0.717, 1.165) is 21.4 Å². The number of carbonyl (C=O) groups excluding carboxylic acids is 2. The van der Waals surface area contributed by atoms with Gasteiger partial charge >= 0.3 is 5.69 Å². The maximum Gasteiger partial charge on any atom is 0.331 e. The molecule has 0 aliphatic carbocycles. The van der Waals surface area contributed by atoms with Crippen LogP contribution in [0.4, 0.5) is 0 Å². The molecule has 43 heavy (non-hydrogen) atoms. The fraction of sp³-hybridized carbons (Fsp3) is 0.310. The van der Waals surface area contributed by atoms with Crippen LogP contribution in [0, 0.1) is 5.92 Å². The molecule has 5 aromatic heterocycles. The van der Waals surface area contributed by atoms with Crippen molar-refractivity contribution in [3.63, 3.8) is 0 Å². The number of aromatic nitrogens is 5. The zero-order valence-electron chi connectivity index (χ0n) is 23.6. The third-order valence-corrected chi connectivity index (χ3v) is 10.4. The van der Waals surface area contributed by atoms with Crippen molar-refractivity contribution in [3.8, 4) is 11.3 Å². The van der Waals surface area contributed by atoms with Gasteiger partial charge in [-0.15, -0.1) is 22.7 Å². The summed E-state index contributed by atoms with van der Waals surface area (Å²) in [5.74, 6) is -0.428. The quantitative estimate of drug-likeness (QED) is 0.292. The molecule has 1 aliphatic heterocycles. The molecule has 1 saturated heterocycles. The summed E-state index contributed by atoms with van der Waals surface area (Å²) in [7, 11) is 4.87. The van der Waals surface area contributed by atoms with Crippen LogP contribution in [-0.2, 0) is 32.4 Å². The van der Waals surface area contributed by atoms with E-state index >= 15 is 0 Å². The largest absolute Gasteiger partial charge is 0.355 e. The average Bonchev–Trinajstić information content (AvgIpc) is 3.80. The minimum absolute atomic E-state index is 0.00481. The van der Waals surface area contributed by atoms with Gasteiger partial charge in [0.25, 0.3) is 11.5 Å². The highest BCUT2D eigenvalue weighted by Crippen LogP contribution is 2.41. The number of thiophene rings is 2. The molecule has 1 fully saturated rings. The van der Waals surface area contributed by atoms with Crippen molar-refractivity contribution in [2.45, 2.75) is 18.9 Å². The van der Waals surface area contributed by atoms with E-state index < -0.39 is 11.2 Å². The molecule has 1 N–H and O–H groups in total. The Labute approximate surface area is 259 Å². The van der Waals surface area contributed by atoms with Crippen molar-refractivity contribution >= 4 is 56.3 Å². The number of hydrogen-bond donors (Lipinski definition) is 1. The van der Waals surface area contributed by atoms with E-state index in [1.807, 2.05) is 36.2 Å². The van der Waals surface area contributed by atoms with Crippen LogP contribution in [0.1, 0.15) is 33.3 Å². The Morgan fingerprint density at radius 3 is 2.67 bits per heavy atom. The first kappa shape index (κ1) is 29.0. The van der Waals surface area contributed by atoms with E-state index in [-0.39, 0.29) is 30.2 Å². The van der Waals surface area contributed by atoms with Crippen LogP contribution >= 0.6 is 34.3 Å². The van der Waals surface area contributed by atoms with Crippen LogP contribution in [0.2, 0.25) is 4.34 Å². The van der Waals surface area contributed by atoms with Gasteiger partial charge in [-0.1, -0.05) is 17.7 Å². The summed E-state index contributed by atoms with van der Waals surface area (Å²) < 4.78 is 4.71. The first-order chi connectivity index (χ1) is 20.7. The minimum Gasteiger partial charge on any atom is -0.355 e. The maximum atomic E-state index is 13.9. The molecule has 6 rings (SSSR count). The van der Waals surface area contributed by atoms with Gasteiger partial charge in [-0.25, -0.2) is 4.79 Å². The summed E-state index contributed by atoms with van der Waals surface area (Å²) in [5, 5.41) is 9.38. The second-order valence-electron chi connectivity index (χ2n) is 10.5. The first-order valence-electron chi connectivity index (χ1n) is 13.6. The number of rotatable bonds is 7. The van der Waals surface area contributed by atoms with Crippen molar-refractivity contribution in [3.05, 3.63) is 89.4 Å². The van der Waals surface area contributed by atoms with E-state index in [1.165, 1.54) is 34.3 Å². The molecule has 0 bridgehead atoms. The highest BCUT2D eigenvalue weighted by molar-refractivity contribution is 7.18. The Hall–Kier alpha value is -4.07. The first-order valence-corrected chi connectivity index (χ1v) is 15.6. The Kier molecular flexibility index (Phi) is 7.79.